The van der Waals surface area contributed by atoms with Crippen LogP contribution in [0, 0.1) is 6.92 Å². The first-order chi connectivity index (χ1) is 9.74. The lowest BCUT2D eigenvalue weighted by Crippen LogP contribution is -2.48. The number of amides is 2. The molecule has 0 unspecified atom stereocenters. The van der Waals surface area contributed by atoms with E-state index in [9.17, 15) is 4.79 Å². The van der Waals surface area contributed by atoms with E-state index in [4.69, 9.17) is 0 Å². The van der Waals surface area contributed by atoms with Crippen molar-refractivity contribution in [3.63, 3.8) is 0 Å². The fourth-order valence-electron chi connectivity index (χ4n) is 3.34. The molecule has 3 rings (SSSR count). The molecule has 2 saturated heterocycles. The van der Waals surface area contributed by atoms with Gasteiger partial charge in [-0.05, 0) is 44.4 Å². The number of aryl methyl sites for hydroxylation is 1. The Labute approximate surface area is 119 Å². The highest BCUT2D eigenvalue weighted by molar-refractivity contribution is 5.89. The largest absolute Gasteiger partial charge is 0.333 e. The van der Waals surface area contributed by atoms with Crippen LogP contribution in [0.25, 0.3) is 0 Å². The molecule has 5 heteroatoms. The van der Waals surface area contributed by atoms with Gasteiger partial charge in [-0.15, -0.1) is 0 Å². The SMILES string of the molecule is Cc1cccnc1NC(=O)N[C@@H]1CCN2CCCC[C@@H]12. The van der Waals surface area contributed by atoms with Crippen molar-refractivity contribution in [2.24, 2.45) is 0 Å². The zero-order valence-electron chi connectivity index (χ0n) is 11.9. The van der Waals surface area contributed by atoms with Crippen LogP contribution in [0.4, 0.5) is 10.6 Å². The molecule has 2 atom stereocenters. The van der Waals surface area contributed by atoms with Crippen molar-refractivity contribution in [3.8, 4) is 0 Å². The first kappa shape index (κ1) is 13.4. The lowest BCUT2D eigenvalue weighted by Gasteiger charge is -2.32. The van der Waals surface area contributed by atoms with Crippen LogP contribution in [0.1, 0.15) is 31.2 Å². The average molecular weight is 274 g/mol. The lowest BCUT2D eigenvalue weighted by molar-refractivity contribution is 0.180. The Morgan fingerprint density at radius 3 is 3.10 bits per heavy atom. The highest BCUT2D eigenvalue weighted by Gasteiger charge is 2.36. The van der Waals surface area contributed by atoms with Crippen LogP contribution >= 0.6 is 0 Å². The van der Waals surface area contributed by atoms with Crippen molar-refractivity contribution in [2.45, 2.75) is 44.7 Å². The fourth-order valence-corrected chi connectivity index (χ4v) is 3.34. The highest BCUT2D eigenvalue weighted by Crippen LogP contribution is 2.27. The summed E-state index contributed by atoms with van der Waals surface area (Å²) in [7, 11) is 0. The number of anilines is 1. The average Bonchev–Trinajstić information content (AvgIpc) is 2.85. The Kier molecular flexibility index (Phi) is 3.87. The summed E-state index contributed by atoms with van der Waals surface area (Å²) >= 11 is 0. The molecule has 2 aliphatic rings. The minimum Gasteiger partial charge on any atom is -0.333 e. The Morgan fingerprint density at radius 2 is 2.25 bits per heavy atom. The molecule has 2 aliphatic heterocycles. The normalized spacial score (nSPS) is 26.1. The molecule has 0 aromatic carbocycles. The van der Waals surface area contributed by atoms with E-state index in [0.717, 1.165) is 18.5 Å². The predicted octanol–water partition coefficient (Wildman–Crippen LogP) is 2.14. The number of hydrogen-bond acceptors (Lipinski definition) is 3. The first-order valence-electron chi connectivity index (χ1n) is 7.47. The molecule has 2 N–H and O–H groups in total. The van der Waals surface area contributed by atoms with E-state index in [1.54, 1.807) is 6.20 Å². The fraction of sp³-hybridized carbons (Fsp3) is 0.600. The van der Waals surface area contributed by atoms with Crippen LogP contribution in [-0.4, -0.2) is 41.1 Å². The van der Waals surface area contributed by atoms with Gasteiger partial charge >= 0.3 is 6.03 Å². The molecular weight excluding hydrogens is 252 g/mol. The van der Waals surface area contributed by atoms with Crippen LogP contribution in [0.5, 0.6) is 0 Å². The zero-order valence-corrected chi connectivity index (χ0v) is 11.9. The summed E-state index contributed by atoms with van der Waals surface area (Å²) in [4.78, 5) is 18.8. The predicted molar refractivity (Wildman–Crippen MR) is 78.7 cm³/mol. The number of hydrogen-bond donors (Lipinski definition) is 2. The van der Waals surface area contributed by atoms with Crippen molar-refractivity contribution in [3.05, 3.63) is 23.9 Å². The van der Waals surface area contributed by atoms with Crippen LogP contribution in [0.3, 0.4) is 0 Å². The molecule has 0 radical (unpaired) electrons. The Bertz CT molecular complexity index is 491. The van der Waals surface area contributed by atoms with E-state index in [0.29, 0.717) is 11.9 Å². The van der Waals surface area contributed by atoms with E-state index in [2.05, 4.69) is 20.5 Å². The maximum absolute atomic E-state index is 12.1. The first-order valence-corrected chi connectivity index (χ1v) is 7.47. The molecule has 108 valence electrons. The van der Waals surface area contributed by atoms with Crippen molar-refractivity contribution in [1.82, 2.24) is 15.2 Å². The molecular formula is C15H22N4O. The maximum Gasteiger partial charge on any atom is 0.320 e. The second-order valence-corrected chi connectivity index (χ2v) is 5.76. The second-order valence-electron chi connectivity index (χ2n) is 5.76. The van der Waals surface area contributed by atoms with Gasteiger partial charge in [0.25, 0.3) is 0 Å². The molecule has 1 aromatic heterocycles. The van der Waals surface area contributed by atoms with Crippen LogP contribution in [-0.2, 0) is 0 Å². The Morgan fingerprint density at radius 1 is 1.35 bits per heavy atom. The topological polar surface area (TPSA) is 57.3 Å². The van der Waals surface area contributed by atoms with Gasteiger partial charge in [0.15, 0.2) is 0 Å². The smallest absolute Gasteiger partial charge is 0.320 e. The summed E-state index contributed by atoms with van der Waals surface area (Å²) < 4.78 is 0. The van der Waals surface area contributed by atoms with E-state index < -0.39 is 0 Å². The van der Waals surface area contributed by atoms with Gasteiger partial charge in [-0.25, -0.2) is 9.78 Å². The molecule has 20 heavy (non-hydrogen) atoms. The van der Waals surface area contributed by atoms with Crippen molar-refractivity contribution in [1.29, 1.82) is 0 Å². The van der Waals surface area contributed by atoms with E-state index in [1.807, 2.05) is 19.1 Å². The van der Waals surface area contributed by atoms with Crippen LogP contribution < -0.4 is 10.6 Å². The van der Waals surface area contributed by atoms with E-state index in [1.165, 1.54) is 25.8 Å². The van der Waals surface area contributed by atoms with Gasteiger partial charge in [-0.3, -0.25) is 10.2 Å². The minimum absolute atomic E-state index is 0.135. The molecule has 0 spiro atoms. The van der Waals surface area contributed by atoms with Gasteiger partial charge < -0.3 is 5.32 Å². The summed E-state index contributed by atoms with van der Waals surface area (Å²) in [6, 6.07) is 4.49. The van der Waals surface area contributed by atoms with Crippen molar-refractivity contribution in [2.75, 3.05) is 18.4 Å². The molecule has 0 saturated carbocycles. The summed E-state index contributed by atoms with van der Waals surface area (Å²) in [6.07, 6.45) is 6.52. The summed E-state index contributed by atoms with van der Waals surface area (Å²) in [5.74, 6) is 0.642. The minimum atomic E-state index is -0.135. The van der Waals surface area contributed by atoms with E-state index >= 15 is 0 Å². The number of carbonyl (C=O) groups excluding carboxylic acids is 1. The number of pyridine rings is 1. The standard InChI is InChI=1S/C15H22N4O/c1-11-5-4-8-16-14(11)18-15(20)17-12-7-10-19-9-3-2-6-13(12)19/h4-5,8,12-13H,2-3,6-7,9-10H2,1H3,(H2,16,17,18,20)/t12-,13+/m1/s1. The lowest BCUT2D eigenvalue weighted by atomic mass is 9.99. The number of rotatable bonds is 2. The quantitative estimate of drug-likeness (QED) is 0.868. The molecule has 5 nitrogen and oxygen atoms in total. The molecule has 2 amide bonds. The number of aromatic nitrogens is 1. The third-order valence-corrected chi connectivity index (χ3v) is 4.41. The van der Waals surface area contributed by atoms with Gasteiger partial charge in [0, 0.05) is 24.8 Å². The van der Waals surface area contributed by atoms with Gasteiger partial charge in [0.2, 0.25) is 0 Å². The zero-order chi connectivity index (χ0) is 13.9. The summed E-state index contributed by atoms with van der Waals surface area (Å²) in [6.45, 7) is 4.24. The number of piperidine rings is 1. The molecule has 2 fully saturated rings. The van der Waals surface area contributed by atoms with Gasteiger partial charge in [0.05, 0.1) is 0 Å². The second kappa shape index (κ2) is 5.79. The molecule has 1 aromatic rings. The van der Waals surface area contributed by atoms with Crippen molar-refractivity contribution >= 4 is 11.8 Å². The molecule has 0 bridgehead atoms. The monoisotopic (exact) mass is 274 g/mol. The third-order valence-electron chi connectivity index (χ3n) is 4.41. The Balaban J connectivity index is 1.58. The number of urea groups is 1. The van der Waals surface area contributed by atoms with Gasteiger partial charge in [-0.2, -0.15) is 0 Å². The number of fused-ring (bicyclic) bond motifs is 1. The van der Waals surface area contributed by atoms with Crippen LogP contribution in [0.2, 0.25) is 0 Å². The van der Waals surface area contributed by atoms with Gasteiger partial charge in [0.1, 0.15) is 5.82 Å². The third kappa shape index (κ3) is 2.77. The van der Waals surface area contributed by atoms with Crippen LogP contribution in [0.15, 0.2) is 18.3 Å². The number of nitrogens with zero attached hydrogens (tertiary/aromatic N) is 2. The van der Waals surface area contributed by atoms with Gasteiger partial charge in [-0.1, -0.05) is 12.5 Å². The molecule has 0 aliphatic carbocycles. The highest BCUT2D eigenvalue weighted by atomic mass is 16.2. The Hall–Kier alpha value is -1.62. The number of carbonyl (C=O) groups is 1. The number of nitrogens with one attached hydrogen (secondary N) is 2. The molecule has 3 heterocycles. The van der Waals surface area contributed by atoms with E-state index in [-0.39, 0.29) is 12.1 Å². The summed E-state index contributed by atoms with van der Waals surface area (Å²) in [5, 5.41) is 5.97. The summed E-state index contributed by atoms with van der Waals surface area (Å²) in [5.41, 5.74) is 0.980. The van der Waals surface area contributed by atoms with Crippen molar-refractivity contribution < 1.29 is 4.79 Å². The maximum atomic E-state index is 12.1.